The molecule has 2 aliphatic carbocycles. The van der Waals surface area contributed by atoms with Gasteiger partial charge in [0.05, 0.1) is 5.92 Å². The van der Waals surface area contributed by atoms with Crippen molar-refractivity contribution in [2.75, 3.05) is 0 Å². The smallest absolute Gasteiger partial charge is 0.252 e. The summed E-state index contributed by atoms with van der Waals surface area (Å²) < 4.78 is 0. The molecule has 1 heterocycles. The molecule has 2 atom stereocenters. The number of hydrogen-bond donors (Lipinski definition) is 0. The summed E-state index contributed by atoms with van der Waals surface area (Å²) in [6.45, 7) is 2.17. The van der Waals surface area contributed by atoms with Gasteiger partial charge in [-0.15, -0.1) is 0 Å². The molecule has 0 amide bonds. The Morgan fingerprint density at radius 3 is 2.50 bits per heavy atom. The van der Waals surface area contributed by atoms with Crippen LogP contribution in [-0.4, -0.2) is 16.7 Å². The first-order chi connectivity index (χ1) is 9.81. The highest BCUT2D eigenvalue weighted by atomic mass is 16.9. The van der Waals surface area contributed by atoms with Gasteiger partial charge in [0, 0.05) is 10.5 Å². The predicted octanol–water partition coefficient (Wildman–Crippen LogP) is 4.28. The van der Waals surface area contributed by atoms with Gasteiger partial charge in [0.15, 0.2) is 0 Å². The highest BCUT2D eigenvalue weighted by Crippen LogP contribution is 2.35. The standard InChI is InChI=1S/C17H25NO2/c1-2-15-16(13-9-5-3-6-10-13)18(19)20-17(15)14-11-7-4-8-12-14/h9,11,15,17H,2-8,10,12H2,1H3/t15-,17+/m1/s1. The molecular formula is C17H25NO2. The largest absolute Gasteiger partial charge is 0.394 e. The quantitative estimate of drug-likeness (QED) is 0.569. The molecule has 3 heteroatoms. The molecule has 0 unspecified atom stereocenters. The Morgan fingerprint density at radius 2 is 1.90 bits per heavy atom. The first kappa shape index (κ1) is 13.7. The molecule has 0 spiro atoms. The first-order valence-electron chi connectivity index (χ1n) is 8.20. The Labute approximate surface area is 121 Å². The maximum absolute atomic E-state index is 12.3. The van der Waals surface area contributed by atoms with Gasteiger partial charge < -0.3 is 4.84 Å². The molecule has 0 saturated heterocycles. The molecule has 3 rings (SSSR count). The number of allylic oxidation sites excluding steroid dienone is 3. The highest BCUT2D eigenvalue weighted by molar-refractivity contribution is 5.99. The zero-order valence-electron chi connectivity index (χ0n) is 12.4. The zero-order chi connectivity index (χ0) is 13.9. The van der Waals surface area contributed by atoms with Crippen LogP contribution in [0.2, 0.25) is 0 Å². The Kier molecular flexibility index (Phi) is 4.13. The first-order valence-corrected chi connectivity index (χ1v) is 8.20. The van der Waals surface area contributed by atoms with Gasteiger partial charge in [-0.3, -0.25) is 5.21 Å². The average molecular weight is 275 g/mol. The van der Waals surface area contributed by atoms with E-state index in [1.807, 2.05) is 0 Å². The molecule has 110 valence electrons. The van der Waals surface area contributed by atoms with Crippen molar-refractivity contribution in [3.63, 3.8) is 0 Å². The third kappa shape index (κ3) is 2.50. The van der Waals surface area contributed by atoms with E-state index in [4.69, 9.17) is 4.84 Å². The van der Waals surface area contributed by atoms with Crippen LogP contribution in [0, 0.1) is 11.1 Å². The van der Waals surface area contributed by atoms with E-state index in [1.165, 1.54) is 36.8 Å². The third-order valence-corrected chi connectivity index (χ3v) is 4.87. The molecule has 0 aromatic heterocycles. The highest BCUT2D eigenvalue weighted by Gasteiger charge is 2.42. The van der Waals surface area contributed by atoms with Crippen LogP contribution in [0.3, 0.4) is 0 Å². The number of hydrogen-bond acceptors (Lipinski definition) is 2. The molecular weight excluding hydrogens is 250 g/mol. The van der Waals surface area contributed by atoms with E-state index in [-0.39, 0.29) is 12.0 Å². The van der Waals surface area contributed by atoms with Gasteiger partial charge >= 0.3 is 0 Å². The van der Waals surface area contributed by atoms with Crippen LogP contribution in [0.5, 0.6) is 0 Å². The fourth-order valence-corrected chi connectivity index (χ4v) is 3.79. The number of nitrogens with zero attached hydrogens (tertiary/aromatic N) is 1. The zero-order valence-corrected chi connectivity index (χ0v) is 12.4. The van der Waals surface area contributed by atoms with Gasteiger partial charge in [-0.1, -0.05) is 24.6 Å². The molecule has 0 radical (unpaired) electrons. The molecule has 0 N–H and O–H groups in total. The van der Waals surface area contributed by atoms with Crippen LogP contribution < -0.4 is 0 Å². The lowest BCUT2D eigenvalue weighted by atomic mass is 9.81. The normalized spacial score (nSPS) is 30.9. The summed E-state index contributed by atoms with van der Waals surface area (Å²) >= 11 is 0. The van der Waals surface area contributed by atoms with Gasteiger partial charge in [-0.05, 0) is 57.8 Å². The van der Waals surface area contributed by atoms with Gasteiger partial charge in [0.2, 0.25) is 0 Å². The van der Waals surface area contributed by atoms with Crippen molar-refractivity contribution in [1.29, 1.82) is 0 Å². The van der Waals surface area contributed by atoms with Crippen molar-refractivity contribution in [3.05, 3.63) is 28.5 Å². The summed E-state index contributed by atoms with van der Waals surface area (Å²) in [6, 6.07) is 0. The van der Waals surface area contributed by atoms with Gasteiger partial charge in [-0.2, -0.15) is 0 Å². The fourth-order valence-electron chi connectivity index (χ4n) is 3.79. The number of rotatable bonds is 3. The summed E-state index contributed by atoms with van der Waals surface area (Å²) in [7, 11) is 0. The van der Waals surface area contributed by atoms with Crippen molar-refractivity contribution < 1.29 is 9.74 Å². The predicted molar refractivity (Wildman–Crippen MR) is 80.4 cm³/mol. The summed E-state index contributed by atoms with van der Waals surface area (Å²) in [5, 5.41) is 12.3. The third-order valence-electron chi connectivity index (χ3n) is 4.87. The molecule has 3 aliphatic rings. The van der Waals surface area contributed by atoms with Gasteiger partial charge in [0.25, 0.3) is 5.71 Å². The van der Waals surface area contributed by atoms with E-state index in [0.717, 1.165) is 42.7 Å². The second-order valence-electron chi connectivity index (χ2n) is 6.18. The van der Waals surface area contributed by atoms with Crippen LogP contribution >= 0.6 is 0 Å². The molecule has 3 nitrogen and oxygen atoms in total. The van der Waals surface area contributed by atoms with Crippen LogP contribution in [0.25, 0.3) is 0 Å². The Morgan fingerprint density at radius 1 is 1.15 bits per heavy atom. The van der Waals surface area contributed by atoms with Crippen molar-refractivity contribution in [3.8, 4) is 0 Å². The lowest BCUT2D eigenvalue weighted by molar-refractivity contribution is -0.738. The second-order valence-corrected chi connectivity index (χ2v) is 6.18. The van der Waals surface area contributed by atoms with Crippen LogP contribution in [0.4, 0.5) is 0 Å². The maximum atomic E-state index is 12.3. The van der Waals surface area contributed by atoms with Crippen LogP contribution in [0.1, 0.15) is 64.7 Å². The minimum Gasteiger partial charge on any atom is -0.394 e. The molecule has 1 aliphatic heterocycles. The minimum absolute atomic E-state index is 0.00405. The Bertz CT molecular complexity index is 462. The van der Waals surface area contributed by atoms with E-state index >= 15 is 0 Å². The minimum atomic E-state index is -0.00405. The van der Waals surface area contributed by atoms with E-state index < -0.39 is 0 Å². The monoisotopic (exact) mass is 275 g/mol. The molecule has 20 heavy (non-hydrogen) atoms. The van der Waals surface area contributed by atoms with Gasteiger partial charge in [0.1, 0.15) is 6.10 Å². The van der Waals surface area contributed by atoms with E-state index in [2.05, 4.69) is 19.1 Å². The van der Waals surface area contributed by atoms with Crippen molar-refractivity contribution >= 4 is 5.71 Å². The lowest BCUT2D eigenvalue weighted by Gasteiger charge is -2.24. The summed E-state index contributed by atoms with van der Waals surface area (Å²) in [5.41, 5.74) is 3.52. The Balaban J connectivity index is 1.85. The topological polar surface area (TPSA) is 35.3 Å². The van der Waals surface area contributed by atoms with Crippen LogP contribution in [-0.2, 0) is 4.84 Å². The van der Waals surface area contributed by atoms with E-state index in [1.54, 1.807) is 0 Å². The molecule has 0 aromatic rings. The van der Waals surface area contributed by atoms with E-state index in [0.29, 0.717) is 0 Å². The molecule has 0 bridgehead atoms. The molecule has 0 saturated carbocycles. The fraction of sp³-hybridized carbons (Fsp3) is 0.706. The average Bonchev–Trinajstić information content (AvgIpc) is 2.85. The van der Waals surface area contributed by atoms with Crippen molar-refractivity contribution in [2.45, 2.75) is 70.8 Å². The second kappa shape index (κ2) is 6.02. The van der Waals surface area contributed by atoms with E-state index in [9.17, 15) is 5.21 Å². The SMILES string of the molecule is CC[C@@H]1C(C2=CCCCC2)=[N+]([O-])O[C@H]1C1=CCCCC1. The molecule has 0 fully saturated rings. The molecule has 0 aromatic carbocycles. The van der Waals surface area contributed by atoms with Gasteiger partial charge in [-0.25, -0.2) is 0 Å². The van der Waals surface area contributed by atoms with Crippen LogP contribution in [0.15, 0.2) is 23.3 Å². The lowest BCUT2D eigenvalue weighted by Crippen LogP contribution is -2.27. The summed E-state index contributed by atoms with van der Waals surface area (Å²) in [6.07, 6.45) is 14.9. The maximum Gasteiger partial charge on any atom is 0.252 e. The van der Waals surface area contributed by atoms with Crippen molar-refractivity contribution in [2.24, 2.45) is 5.92 Å². The summed E-state index contributed by atoms with van der Waals surface area (Å²) in [4.78, 5) is 6.54. The van der Waals surface area contributed by atoms with Crippen molar-refractivity contribution in [1.82, 2.24) is 0 Å². The summed E-state index contributed by atoms with van der Waals surface area (Å²) in [5.74, 6) is 0.251. The Hall–Kier alpha value is -1.25.